The zero-order valence-electron chi connectivity index (χ0n) is 19.1. The molecule has 0 spiro atoms. The molecule has 0 radical (unpaired) electrons. The number of carbonyl (C=O) groups excluding carboxylic acids is 1. The maximum absolute atomic E-state index is 13.5. The molecule has 2 N–H and O–H groups in total. The van der Waals surface area contributed by atoms with Crippen molar-refractivity contribution in [2.45, 2.75) is 33.1 Å². The number of carbonyl (C=O) groups is 1. The summed E-state index contributed by atoms with van der Waals surface area (Å²) in [6.07, 6.45) is 5.06. The Labute approximate surface area is 205 Å². The first-order valence-electron chi connectivity index (χ1n) is 10.9. The van der Waals surface area contributed by atoms with Crippen molar-refractivity contribution in [2.75, 3.05) is 13.2 Å². The van der Waals surface area contributed by atoms with Crippen molar-refractivity contribution in [1.29, 1.82) is 0 Å². The topological polar surface area (TPSA) is 67.9 Å². The number of halogens is 1. The molecule has 0 aromatic heterocycles. The Morgan fingerprint density at radius 3 is 2.52 bits per heavy atom. The molecular weight excluding hydrogens is 454 g/mol. The van der Waals surface area contributed by atoms with Crippen molar-refractivity contribution in [1.82, 2.24) is 4.90 Å². The van der Waals surface area contributed by atoms with Crippen molar-refractivity contribution in [3.63, 3.8) is 0 Å². The molecule has 7 heteroatoms. The van der Waals surface area contributed by atoms with Gasteiger partial charge in [0.2, 0.25) is 0 Å². The molecule has 33 heavy (non-hydrogen) atoms. The van der Waals surface area contributed by atoms with Crippen LogP contribution in [0.3, 0.4) is 0 Å². The van der Waals surface area contributed by atoms with Gasteiger partial charge in [-0.25, -0.2) is 0 Å². The van der Waals surface area contributed by atoms with Crippen molar-refractivity contribution in [3.8, 4) is 5.75 Å². The summed E-state index contributed by atoms with van der Waals surface area (Å²) in [6, 6.07) is 11.1. The Morgan fingerprint density at radius 1 is 1.30 bits per heavy atom. The molecule has 174 valence electrons. The number of hydrazone groups is 1. The van der Waals surface area contributed by atoms with Crippen molar-refractivity contribution >= 4 is 39.3 Å². The zero-order valence-corrected chi connectivity index (χ0v) is 20.7. The molecule has 0 saturated heterocycles. The monoisotopic (exact) mass is 483 g/mol. The average Bonchev–Trinajstić information content (AvgIpc) is 2.76. The van der Waals surface area contributed by atoms with Crippen LogP contribution in [-0.2, 0) is 0 Å². The minimum atomic E-state index is -0.211. The van der Waals surface area contributed by atoms with Gasteiger partial charge in [0.25, 0.3) is 5.91 Å². The van der Waals surface area contributed by atoms with Gasteiger partial charge in [-0.2, -0.15) is 5.10 Å². The molecule has 2 aromatic carbocycles. The summed E-state index contributed by atoms with van der Waals surface area (Å²) in [4.78, 5) is 15.8. The Kier molecular flexibility index (Phi) is 8.64. The summed E-state index contributed by atoms with van der Waals surface area (Å²) in [5, 5.41) is 4.80. The molecule has 0 atom stereocenters. The molecule has 0 aliphatic heterocycles. The quantitative estimate of drug-likeness (QED) is 0.155. The molecule has 0 unspecified atom stereocenters. The van der Waals surface area contributed by atoms with Gasteiger partial charge in [-0.15, -0.1) is 0 Å². The van der Waals surface area contributed by atoms with Crippen LogP contribution >= 0.6 is 23.4 Å². The van der Waals surface area contributed by atoms with Crippen LogP contribution in [0, 0.1) is 19.8 Å². The Hall–Kier alpha value is -2.70. The minimum Gasteiger partial charge on any atom is -0.489 e. The van der Waals surface area contributed by atoms with E-state index < -0.39 is 0 Å². The van der Waals surface area contributed by atoms with Crippen LogP contribution < -0.4 is 10.6 Å². The lowest BCUT2D eigenvalue weighted by Crippen LogP contribution is -2.41. The lowest BCUT2D eigenvalue weighted by atomic mass is 9.85. The minimum absolute atomic E-state index is 0.211. The third-order valence-corrected chi connectivity index (χ3v) is 7.02. The number of nitrogens with zero attached hydrogens (tertiary/aromatic N) is 2. The van der Waals surface area contributed by atoms with Crippen LogP contribution in [0.2, 0.25) is 5.02 Å². The number of amidine groups is 1. The highest BCUT2D eigenvalue weighted by Crippen LogP contribution is 2.35. The third-order valence-electron chi connectivity index (χ3n) is 5.70. The van der Waals surface area contributed by atoms with E-state index in [0.29, 0.717) is 34.8 Å². The highest BCUT2D eigenvalue weighted by molar-refractivity contribution is 8.21. The molecule has 0 bridgehead atoms. The maximum Gasteiger partial charge on any atom is 0.261 e. The molecule has 3 rings (SSSR count). The zero-order chi connectivity index (χ0) is 24.0. The maximum atomic E-state index is 13.5. The van der Waals surface area contributed by atoms with Crippen LogP contribution in [0.5, 0.6) is 5.75 Å². The summed E-state index contributed by atoms with van der Waals surface area (Å²) in [5.41, 5.74) is 3.36. The van der Waals surface area contributed by atoms with Crippen LogP contribution in [0.25, 0.3) is 4.91 Å². The molecule has 1 aliphatic rings. The van der Waals surface area contributed by atoms with Gasteiger partial charge >= 0.3 is 0 Å². The first-order chi connectivity index (χ1) is 15.8. The van der Waals surface area contributed by atoms with Crippen LogP contribution in [-0.4, -0.2) is 29.1 Å². The van der Waals surface area contributed by atoms with Gasteiger partial charge in [0.15, 0.2) is 5.17 Å². The summed E-state index contributed by atoms with van der Waals surface area (Å²) < 4.78 is 5.78. The summed E-state index contributed by atoms with van der Waals surface area (Å²) >= 11 is 7.61. The first kappa shape index (κ1) is 24.9. The Morgan fingerprint density at radius 2 is 1.97 bits per heavy atom. The normalized spacial score (nSPS) is 13.8. The number of aryl methyl sites for hydroxylation is 2. The number of nitrogens with two attached hydrogens (primary N) is 1. The molecule has 1 amide bonds. The fourth-order valence-corrected chi connectivity index (χ4v) is 4.76. The van der Waals surface area contributed by atoms with E-state index in [4.69, 9.17) is 22.2 Å². The summed E-state index contributed by atoms with van der Waals surface area (Å²) in [5.74, 6) is 6.85. The van der Waals surface area contributed by atoms with E-state index in [0.717, 1.165) is 40.2 Å². The highest BCUT2D eigenvalue weighted by atomic mass is 35.5. The SMILES string of the molecule is C=CCOc1c(C)cc(C(=C)S/C(=N\N)N(CC2CCC2)C(=O)c2ccccc2Cl)cc1C. The molecule has 2 aromatic rings. The lowest BCUT2D eigenvalue weighted by Gasteiger charge is -2.32. The number of rotatable bonds is 8. The van der Waals surface area contributed by atoms with Crippen molar-refractivity contribution in [2.24, 2.45) is 16.9 Å². The van der Waals surface area contributed by atoms with E-state index in [-0.39, 0.29) is 5.91 Å². The molecule has 1 saturated carbocycles. The largest absolute Gasteiger partial charge is 0.489 e. The van der Waals surface area contributed by atoms with E-state index in [1.165, 1.54) is 18.2 Å². The van der Waals surface area contributed by atoms with Crippen molar-refractivity contribution in [3.05, 3.63) is 82.9 Å². The van der Waals surface area contributed by atoms with Crippen LogP contribution in [0.4, 0.5) is 0 Å². The van der Waals surface area contributed by atoms with E-state index in [9.17, 15) is 4.79 Å². The third kappa shape index (κ3) is 6.01. The van der Waals surface area contributed by atoms with Gasteiger partial charge in [0.1, 0.15) is 12.4 Å². The van der Waals surface area contributed by atoms with Crippen LogP contribution in [0.15, 0.2) is 60.7 Å². The predicted molar refractivity (Wildman–Crippen MR) is 140 cm³/mol. The molecule has 0 heterocycles. The second-order valence-corrected chi connectivity index (χ2v) is 9.64. The van der Waals surface area contributed by atoms with Gasteiger partial charge in [-0.05, 0) is 85.3 Å². The smallest absolute Gasteiger partial charge is 0.261 e. The van der Waals surface area contributed by atoms with Gasteiger partial charge in [-0.1, -0.05) is 49.4 Å². The van der Waals surface area contributed by atoms with Gasteiger partial charge in [0, 0.05) is 11.4 Å². The standard InChI is InChI=1S/C26H30ClN3O2S/c1-5-13-32-24-17(2)14-21(15-18(24)3)19(4)33-26(29-28)30(16-20-9-8-10-20)25(31)22-11-6-7-12-23(22)27/h5-7,11-12,14-15,20H,1,4,8-10,13,16,28H2,2-3H3/b29-26-. The highest BCUT2D eigenvalue weighted by Gasteiger charge is 2.29. The van der Waals surface area contributed by atoms with Crippen LogP contribution in [0.1, 0.15) is 46.3 Å². The number of ether oxygens (including phenoxy) is 1. The van der Waals surface area contributed by atoms with Gasteiger partial charge < -0.3 is 10.6 Å². The van der Waals surface area contributed by atoms with Crippen molar-refractivity contribution < 1.29 is 9.53 Å². The number of hydrogen-bond donors (Lipinski definition) is 1. The average molecular weight is 484 g/mol. The second-order valence-electron chi connectivity index (χ2n) is 8.17. The first-order valence-corrected chi connectivity index (χ1v) is 12.1. The summed E-state index contributed by atoms with van der Waals surface area (Å²) in [7, 11) is 0. The number of amides is 1. The fraction of sp³-hybridized carbons (Fsp3) is 0.308. The molecule has 5 nitrogen and oxygen atoms in total. The predicted octanol–water partition coefficient (Wildman–Crippen LogP) is 6.40. The van der Waals surface area contributed by atoms with E-state index in [1.54, 1.807) is 35.2 Å². The second kappa shape index (κ2) is 11.4. The number of thioether (sulfide) groups is 1. The molecule has 1 fully saturated rings. The van der Waals surface area contributed by atoms with E-state index in [2.05, 4.69) is 18.3 Å². The van der Waals surface area contributed by atoms with Gasteiger partial charge in [-0.3, -0.25) is 9.69 Å². The molecular formula is C26H30ClN3O2S. The number of hydrogen-bond acceptors (Lipinski definition) is 5. The number of benzene rings is 2. The lowest BCUT2D eigenvalue weighted by molar-refractivity contribution is 0.0814. The Bertz CT molecular complexity index is 1060. The van der Waals surface area contributed by atoms with Gasteiger partial charge in [0.05, 0.1) is 10.6 Å². The fourth-order valence-electron chi connectivity index (χ4n) is 3.76. The Balaban J connectivity index is 1.85. The van der Waals surface area contributed by atoms with E-state index >= 15 is 0 Å². The molecule has 1 aliphatic carbocycles. The summed E-state index contributed by atoms with van der Waals surface area (Å²) in [6.45, 7) is 12.9. The van der Waals surface area contributed by atoms with E-state index in [1.807, 2.05) is 26.0 Å².